The maximum Gasteiger partial charge on any atom is 0.246 e. The summed E-state index contributed by atoms with van der Waals surface area (Å²) in [4.78, 5) is 9.02. The zero-order chi connectivity index (χ0) is 21.0. The second-order valence-corrected chi connectivity index (χ2v) is 9.54. The number of hydrogen-bond donors (Lipinski definition) is 1. The van der Waals surface area contributed by atoms with E-state index in [0.29, 0.717) is 23.9 Å². The second-order valence-electron chi connectivity index (χ2n) is 7.20. The first-order valence-corrected chi connectivity index (χ1v) is 11.8. The van der Waals surface area contributed by atoms with Crippen molar-refractivity contribution in [2.24, 2.45) is 0 Å². The number of nitrogens with one attached hydrogen (secondary N) is 1. The van der Waals surface area contributed by atoms with Gasteiger partial charge in [0.1, 0.15) is 10.7 Å². The third-order valence-corrected chi connectivity index (χ3v) is 7.32. The van der Waals surface area contributed by atoms with Crippen molar-refractivity contribution in [2.75, 3.05) is 18.4 Å². The summed E-state index contributed by atoms with van der Waals surface area (Å²) >= 11 is 6.22. The molecule has 3 aromatic rings. The molecule has 30 heavy (non-hydrogen) atoms. The molecule has 0 spiro atoms. The van der Waals surface area contributed by atoms with E-state index in [2.05, 4.69) is 15.3 Å². The standard InChI is InChI=1S/C22H23ClN4O2S/c23-18-9-6-8-17(16-18)21(19-10-2-3-12-24-19)26-22-20(11-7-13-25-22)30(28,29)27-14-4-1-5-15-27/h2-3,6-13,16,21H,1,4-5,14-15H2,(H,25,26). The molecular weight excluding hydrogens is 420 g/mol. The summed E-state index contributed by atoms with van der Waals surface area (Å²) in [7, 11) is -3.65. The second kappa shape index (κ2) is 9.12. The number of rotatable bonds is 6. The van der Waals surface area contributed by atoms with Crippen molar-refractivity contribution in [3.05, 3.63) is 83.3 Å². The van der Waals surface area contributed by atoms with Crippen molar-refractivity contribution in [3.63, 3.8) is 0 Å². The number of pyridine rings is 2. The normalized spacial score (nSPS) is 16.2. The number of hydrogen-bond acceptors (Lipinski definition) is 5. The highest BCUT2D eigenvalue weighted by Crippen LogP contribution is 2.31. The number of sulfonamides is 1. The van der Waals surface area contributed by atoms with Crippen molar-refractivity contribution < 1.29 is 8.42 Å². The molecule has 6 nitrogen and oxygen atoms in total. The lowest BCUT2D eigenvalue weighted by Crippen LogP contribution is -2.36. The highest BCUT2D eigenvalue weighted by Gasteiger charge is 2.30. The molecule has 1 aromatic carbocycles. The predicted octanol–water partition coefficient (Wildman–Crippen LogP) is 4.51. The monoisotopic (exact) mass is 442 g/mol. The lowest BCUT2D eigenvalue weighted by atomic mass is 10.0. The van der Waals surface area contributed by atoms with Crippen LogP contribution in [0.3, 0.4) is 0 Å². The molecule has 0 bridgehead atoms. The van der Waals surface area contributed by atoms with E-state index >= 15 is 0 Å². The maximum absolute atomic E-state index is 13.3. The molecule has 2 aromatic heterocycles. The highest BCUT2D eigenvalue weighted by atomic mass is 35.5. The molecule has 1 fully saturated rings. The molecule has 156 valence electrons. The molecule has 0 amide bonds. The average molecular weight is 443 g/mol. The predicted molar refractivity (Wildman–Crippen MR) is 118 cm³/mol. The van der Waals surface area contributed by atoms with Crippen LogP contribution in [0.1, 0.15) is 36.6 Å². The summed E-state index contributed by atoms with van der Waals surface area (Å²) in [6, 6.07) is 15.9. The first-order chi connectivity index (χ1) is 14.6. The van der Waals surface area contributed by atoms with Crippen LogP contribution in [0.25, 0.3) is 0 Å². The van der Waals surface area contributed by atoms with Gasteiger partial charge >= 0.3 is 0 Å². The van der Waals surface area contributed by atoms with E-state index in [9.17, 15) is 8.42 Å². The van der Waals surface area contributed by atoms with Gasteiger partial charge in [-0.25, -0.2) is 13.4 Å². The molecule has 1 N–H and O–H groups in total. The zero-order valence-corrected chi connectivity index (χ0v) is 18.0. The van der Waals surface area contributed by atoms with E-state index in [1.54, 1.807) is 34.9 Å². The van der Waals surface area contributed by atoms with Crippen LogP contribution >= 0.6 is 11.6 Å². The number of anilines is 1. The molecule has 1 aliphatic heterocycles. The Balaban J connectivity index is 1.74. The van der Waals surface area contributed by atoms with E-state index in [0.717, 1.165) is 30.5 Å². The summed E-state index contributed by atoms with van der Waals surface area (Å²) in [6.07, 6.45) is 6.10. The van der Waals surface area contributed by atoms with Gasteiger partial charge in [0.05, 0.1) is 11.7 Å². The van der Waals surface area contributed by atoms with E-state index in [1.807, 2.05) is 36.4 Å². The molecule has 8 heteroatoms. The van der Waals surface area contributed by atoms with Crippen LogP contribution in [0.2, 0.25) is 5.02 Å². The van der Waals surface area contributed by atoms with E-state index in [-0.39, 0.29) is 4.90 Å². The van der Waals surface area contributed by atoms with Gasteiger partial charge in [0.15, 0.2) is 0 Å². The molecule has 1 atom stereocenters. The van der Waals surface area contributed by atoms with Crippen LogP contribution in [-0.2, 0) is 10.0 Å². The molecule has 4 rings (SSSR count). The topological polar surface area (TPSA) is 75.2 Å². The summed E-state index contributed by atoms with van der Waals surface area (Å²) in [5.74, 6) is 0.304. The quantitative estimate of drug-likeness (QED) is 0.608. The first-order valence-electron chi connectivity index (χ1n) is 9.94. The van der Waals surface area contributed by atoms with Crippen LogP contribution in [0.4, 0.5) is 5.82 Å². The molecule has 0 radical (unpaired) electrons. The van der Waals surface area contributed by atoms with Crippen molar-refractivity contribution in [1.29, 1.82) is 0 Å². The van der Waals surface area contributed by atoms with Crippen molar-refractivity contribution in [1.82, 2.24) is 14.3 Å². The van der Waals surface area contributed by atoms with Gasteiger partial charge in [0.25, 0.3) is 0 Å². The lowest BCUT2D eigenvalue weighted by molar-refractivity contribution is 0.346. The van der Waals surface area contributed by atoms with Gasteiger partial charge in [-0.15, -0.1) is 0 Å². The highest BCUT2D eigenvalue weighted by molar-refractivity contribution is 7.89. The zero-order valence-electron chi connectivity index (χ0n) is 16.4. The van der Waals surface area contributed by atoms with Crippen LogP contribution in [0, 0.1) is 0 Å². The summed E-state index contributed by atoms with van der Waals surface area (Å²) in [6.45, 7) is 1.07. The fourth-order valence-corrected chi connectivity index (χ4v) is 5.47. The van der Waals surface area contributed by atoms with Gasteiger partial charge < -0.3 is 5.32 Å². The Morgan fingerprint density at radius 3 is 2.47 bits per heavy atom. The van der Waals surface area contributed by atoms with E-state index < -0.39 is 16.1 Å². The minimum atomic E-state index is -3.65. The Morgan fingerprint density at radius 2 is 1.73 bits per heavy atom. The van der Waals surface area contributed by atoms with Gasteiger partial charge in [0, 0.05) is 30.5 Å². The molecule has 1 aliphatic rings. The first kappa shape index (κ1) is 20.8. The Hall–Kier alpha value is -2.48. The Morgan fingerprint density at radius 1 is 0.933 bits per heavy atom. The smallest absolute Gasteiger partial charge is 0.246 e. The minimum absolute atomic E-state index is 0.176. The Kier molecular flexibility index (Phi) is 6.32. The van der Waals surface area contributed by atoms with Gasteiger partial charge in [0.2, 0.25) is 10.0 Å². The van der Waals surface area contributed by atoms with Crippen LogP contribution in [0.15, 0.2) is 71.9 Å². The molecule has 1 unspecified atom stereocenters. The number of nitrogens with zero attached hydrogens (tertiary/aromatic N) is 3. The summed E-state index contributed by atoms with van der Waals surface area (Å²) in [5.41, 5.74) is 1.61. The number of halogens is 1. The number of piperidine rings is 1. The van der Waals surface area contributed by atoms with Crippen LogP contribution in [0.5, 0.6) is 0 Å². The maximum atomic E-state index is 13.3. The van der Waals surface area contributed by atoms with Crippen LogP contribution < -0.4 is 5.32 Å². The largest absolute Gasteiger partial charge is 0.356 e. The van der Waals surface area contributed by atoms with Crippen molar-refractivity contribution in [2.45, 2.75) is 30.2 Å². The van der Waals surface area contributed by atoms with Crippen molar-refractivity contribution >= 4 is 27.4 Å². The third-order valence-electron chi connectivity index (χ3n) is 5.15. The van der Waals surface area contributed by atoms with Gasteiger partial charge in [-0.05, 0) is 54.8 Å². The lowest BCUT2D eigenvalue weighted by Gasteiger charge is -2.27. The fraction of sp³-hybridized carbons (Fsp3) is 0.273. The molecule has 0 saturated carbocycles. The van der Waals surface area contributed by atoms with E-state index in [1.165, 1.54) is 0 Å². The molecule has 1 saturated heterocycles. The third kappa shape index (κ3) is 4.48. The Bertz CT molecular complexity index is 1100. The summed E-state index contributed by atoms with van der Waals surface area (Å²) < 4.78 is 28.2. The molecular formula is C22H23ClN4O2S. The summed E-state index contributed by atoms with van der Waals surface area (Å²) in [5, 5.41) is 3.91. The van der Waals surface area contributed by atoms with Gasteiger partial charge in [-0.3, -0.25) is 4.98 Å². The SMILES string of the molecule is O=S(=O)(c1cccnc1NC(c1cccc(Cl)c1)c1ccccn1)N1CCCCC1. The fourth-order valence-electron chi connectivity index (χ4n) is 3.65. The number of benzene rings is 1. The van der Waals surface area contributed by atoms with Crippen molar-refractivity contribution in [3.8, 4) is 0 Å². The minimum Gasteiger partial charge on any atom is -0.356 e. The van der Waals surface area contributed by atoms with E-state index in [4.69, 9.17) is 11.6 Å². The Labute approximate surface area is 182 Å². The van der Waals surface area contributed by atoms with Gasteiger partial charge in [-0.1, -0.05) is 36.2 Å². The van der Waals surface area contributed by atoms with Crippen LogP contribution in [-0.4, -0.2) is 35.8 Å². The molecule has 3 heterocycles. The average Bonchev–Trinajstić information content (AvgIpc) is 2.79. The molecule has 0 aliphatic carbocycles. The van der Waals surface area contributed by atoms with Gasteiger partial charge in [-0.2, -0.15) is 4.31 Å². The number of aromatic nitrogens is 2.